The lowest BCUT2D eigenvalue weighted by Gasteiger charge is -2.26. The van der Waals surface area contributed by atoms with Gasteiger partial charge in [-0.3, -0.25) is 4.79 Å². The molecule has 0 spiro atoms. The van der Waals surface area contributed by atoms with Crippen LogP contribution in [0.15, 0.2) is 28.8 Å². The summed E-state index contributed by atoms with van der Waals surface area (Å²) < 4.78 is 5.24. The van der Waals surface area contributed by atoms with E-state index in [0.717, 1.165) is 35.0 Å². The number of carbonyl (C=O) groups excluding carboxylic acids is 1. The normalized spacial score (nSPS) is 11.2. The number of fused-ring (bicyclic) bond motifs is 1. The van der Waals surface area contributed by atoms with Crippen LogP contribution in [0.1, 0.15) is 26.0 Å². The Morgan fingerprint density at radius 3 is 2.85 bits per heavy atom. The Bertz CT molecular complexity index is 580. The van der Waals surface area contributed by atoms with Gasteiger partial charge in [-0.1, -0.05) is 33.2 Å². The van der Waals surface area contributed by atoms with Gasteiger partial charge in [-0.05, 0) is 32.4 Å². The second-order valence-corrected chi connectivity index (χ2v) is 5.82. The highest BCUT2D eigenvalue weighted by Gasteiger charge is 2.19. The van der Waals surface area contributed by atoms with Gasteiger partial charge in [-0.15, -0.1) is 0 Å². The Hall–Kier alpha value is -1.36. The Morgan fingerprint density at radius 1 is 1.40 bits per heavy atom. The molecule has 2 rings (SSSR count). The van der Waals surface area contributed by atoms with Gasteiger partial charge in [0.05, 0.1) is 6.42 Å². The number of alkyl halides is 1. The van der Waals surface area contributed by atoms with Gasteiger partial charge in [0.1, 0.15) is 5.69 Å². The number of aromatic nitrogens is 1. The number of benzene rings is 1. The van der Waals surface area contributed by atoms with Crippen LogP contribution in [0.4, 0.5) is 0 Å². The molecule has 5 heteroatoms. The molecule has 1 heterocycles. The Balaban J connectivity index is 2.13. The van der Waals surface area contributed by atoms with E-state index in [9.17, 15) is 4.79 Å². The maximum Gasteiger partial charge on any atom is 0.228 e. The van der Waals surface area contributed by atoms with Gasteiger partial charge in [0, 0.05) is 23.3 Å². The number of amides is 1. The quantitative estimate of drug-likeness (QED) is 0.758. The first kappa shape index (κ1) is 15.0. The minimum atomic E-state index is 0.0972. The van der Waals surface area contributed by atoms with Crippen LogP contribution >= 0.6 is 15.9 Å². The first-order valence-corrected chi connectivity index (χ1v) is 7.94. The molecule has 0 aliphatic carbocycles. The number of rotatable bonds is 6. The number of para-hydroxylation sites is 1. The van der Waals surface area contributed by atoms with Crippen molar-refractivity contribution >= 4 is 32.8 Å². The summed E-state index contributed by atoms with van der Waals surface area (Å²) in [6, 6.07) is 7.82. The summed E-state index contributed by atoms with van der Waals surface area (Å²) in [5.74, 6) is 0.0972. The van der Waals surface area contributed by atoms with Crippen molar-refractivity contribution in [1.29, 1.82) is 0 Å². The molecule has 0 radical (unpaired) electrons. The van der Waals surface area contributed by atoms with Gasteiger partial charge < -0.3 is 9.42 Å². The summed E-state index contributed by atoms with van der Waals surface area (Å²) in [7, 11) is 0. The lowest BCUT2D eigenvalue weighted by Crippen LogP contribution is -2.38. The average Bonchev–Trinajstić information content (AvgIpc) is 2.82. The first-order chi connectivity index (χ1) is 9.63. The molecule has 0 aliphatic rings. The zero-order chi connectivity index (χ0) is 14.5. The summed E-state index contributed by atoms with van der Waals surface area (Å²) in [6.45, 7) is 4.83. The predicted molar refractivity (Wildman–Crippen MR) is 83.0 cm³/mol. The molecule has 0 atom stereocenters. The maximum absolute atomic E-state index is 12.4. The van der Waals surface area contributed by atoms with Gasteiger partial charge in [0.2, 0.25) is 5.91 Å². The van der Waals surface area contributed by atoms with Crippen molar-refractivity contribution in [2.45, 2.75) is 32.7 Å². The zero-order valence-electron chi connectivity index (χ0n) is 11.8. The van der Waals surface area contributed by atoms with E-state index in [2.05, 4.69) is 21.1 Å². The van der Waals surface area contributed by atoms with Gasteiger partial charge in [-0.25, -0.2) is 0 Å². The Labute approximate surface area is 127 Å². The molecule has 4 nitrogen and oxygen atoms in total. The minimum absolute atomic E-state index is 0.0972. The van der Waals surface area contributed by atoms with E-state index in [-0.39, 0.29) is 18.4 Å². The summed E-state index contributed by atoms with van der Waals surface area (Å²) in [6.07, 6.45) is 1.24. The number of hydrogen-bond donors (Lipinski definition) is 0. The smallest absolute Gasteiger partial charge is 0.228 e. The number of nitrogens with zero attached hydrogens (tertiary/aromatic N) is 2. The topological polar surface area (TPSA) is 46.3 Å². The molecule has 0 fully saturated rings. The third-order valence-corrected chi connectivity index (χ3v) is 3.81. The molecular formula is C15H19BrN2O2. The van der Waals surface area contributed by atoms with Crippen molar-refractivity contribution in [3.63, 3.8) is 0 Å². The van der Waals surface area contributed by atoms with Gasteiger partial charge in [-0.2, -0.15) is 0 Å². The standard InChI is InChI=1S/C15H19BrN2O2/c1-11(2)18(9-5-8-16)15(19)10-13-12-6-3-4-7-14(12)20-17-13/h3-4,6-7,11H,5,8-10H2,1-2H3. The van der Waals surface area contributed by atoms with E-state index >= 15 is 0 Å². The summed E-state index contributed by atoms with van der Waals surface area (Å²) in [4.78, 5) is 14.3. The second kappa shape index (κ2) is 6.88. The highest BCUT2D eigenvalue weighted by Crippen LogP contribution is 2.19. The molecule has 0 saturated heterocycles. The zero-order valence-corrected chi connectivity index (χ0v) is 13.4. The van der Waals surface area contributed by atoms with Crippen LogP contribution in [0.2, 0.25) is 0 Å². The summed E-state index contributed by atoms with van der Waals surface area (Å²) >= 11 is 3.40. The van der Waals surface area contributed by atoms with Crippen molar-refractivity contribution in [2.75, 3.05) is 11.9 Å². The van der Waals surface area contributed by atoms with Gasteiger partial charge in [0.25, 0.3) is 0 Å². The third kappa shape index (κ3) is 3.39. The SMILES string of the molecule is CC(C)N(CCCBr)C(=O)Cc1noc2ccccc12. The first-order valence-electron chi connectivity index (χ1n) is 6.82. The molecule has 20 heavy (non-hydrogen) atoms. The van der Waals surface area contributed by atoms with E-state index in [4.69, 9.17) is 4.52 Å². The Morgan fingerprint density at radius 2 is 2.15 bits per heavy atom. The fraction of sp³-hybridized carbons (Fsp3) is 0.467. The second-order valence-electron chi connectivity index (χ2n) is 5.03. The molecule has 2 aromatic rings. The molecule has 0 unspecified atom stereocenters. The van der Waals surface area contributed by atoms with Crippen LogP contribution < -0.4 is 0 Å². The third-order valence-electron chi connectivity index (χ3n) is 3.25. The van der Waals surface area contributed by atoms with E-state index in [1.54, 1.807) is 0 Å². The lowest BCUT2D eigenvalue weighted by molar-refractivity contribution is -0.132. The monoisotopic (exact) mass is 338 g/mol. The van der Waals surface area contributed by atoms with Crippen LogP contribution in [0.5, 0.6) is 0 Å². The predicted octanol–water partition coefficient (Wildman–Crippen LogP) is 3.39. The Kier molecular flexibility index (Phi) is 5.17. The lowest BCUT2D eigenvalue weighted by atomic mass is 10.1. The summed E-state index contributed by atoms with van der Waals surface area (Å²) in [5.41, 5.74) is 1.45. The van der Waals surface area contributed by atoms with Crippen molar-refractivity contribution in [3.05, 3.63) is 30.0 Å². The van der Waals surface area contributed by atoms with Crippen molar-refractivity contribution in [1.82, 2.24) is 10.1 Å². The van der Waals surface area contributed by atoms with Crippen LogP contribution in [0, 0.1) is 0 Å². The average molecular weight is 339 g/mol. The van der Waals surface area contributed by atoms with Crippen LogP contribution in [-0.4, -0.2) is 33.9 Å². The highest BCUT2D eigenvalue weighted by atomic mass is 79.9. The molecule has 0 N–H and O–H groups in total. The van der Waals surface area contributed by atoms with Gasteiger partial charge in [0.15, 0.2) is 5.58 Å². The molecule has 1 aromatic carbocycles. The highest BCUT2D eigenvalue weighted by molar-refractivity contribution is 9.09. The molecule has 1 aromatic heterocycles. The molecule has 108 valence electrons. The van der Waals surface area contributed by atoms with Crippen molar-refractivity contribution < 1.29 is 9.32 Å². The fourth-order valence-corrected chi connectivity index (χ4v) is 2.46. The van der Waals surface area contributed by atoms with Gasteiger partial charge >= 0.3 is 0 Å². The maximum atomic E-state index is 12.4. The van der Waals surface area contributed by atoms with E-state index in [1.807, 2.05) is 43.0 Å². The summed E-state index contributed by atoms with van der Waals surface area (Å²) in [5, 5.41) is 5.85. The molecule has 0 saturated carbocycles. The van der Waals surface area contributed by atoms with Crippen molar-refractivity contribution in [3.8, 4) is 0 Å². The van der Waals surface area contributed by atoms with Crippen LogP contribution in [0.3, 0.4) is 0 Å². The van der Waals surface area contributed by atoms with E-state index in [0.29, 0.717) is 0 Å². The number of carbonyl (C=O) groups is 1. The molecule has 0 aliphatic heterocycles. The van der Waals surface area contributed by atoms with Crippen LogP contribution in [-0.2, 0) is 11.2 Å². The van der Waals surface area contributed by atoms with E-state index < -0.39 is 0 Å². The molecular weight excluding hydrogens is 320 g/mol. The number of halogens is 1. The minimum Gasteiger partial charge on any atom is -0.356 e. The fourth-order valence-electron chi connectivity index (χ4n) is 2.21. The number of hydrogen-bond acceptors (Lipinski definition) is 3. The molecule has 0 bridgehead atoms. The van der Waals surface area contributed by atoms with Crippen LogP contribution in [0.25, 0.3) is 11.0 Å². The molecule has 1 amide bonds. The largest absolute Gasteiger partial charge is 0.356 e. The van der Waals surface area contributed by atoms with Crippen molar-refractivity contribution in [2.24, 2.45) is 0 Å². The van der Waals surface area contributed by atoms with E-state index in [1.165, 1.54) is 0 Å².